The Hall–Kier alpha value is -4.87. The fourth-order valence-corrected chi connectivity index (χ4v) is 11.2. The van der Waals surface area contributed by atoms with E-state index < -0.39 is 48.3 Å². The van der Waals surface area contributed by atoms with Crippen LogP contribution in [0, 0.1) is 54.7 Å². The van der Waals surface area contributed by atoms with Crippen molar-refractivity contribution in [3.8, 4) is 5.75 Å². The van der Waals surface area contributed by atoms with Crippen molar-refractivity contribution in [2.45, 2.75) is 95.7 Å². The van der Waals surface area contributed by atoms with Gasteiger partial charge in [0.25, 0.3) is 5.91 Å². The van der Waals surface area contributed by atoms with Gasteiger partial charge < -0.3 is 33.3 Å². The molecular weight excluding hydrogens is 823 g/mol. The molecule has 334 valence electrons. The zero-order valence-corrected chi connectivity index (χ0v) is 36.2. The van der Waals surface area contributed by atoms with Crippen LogP contribution in [0.25, 0.3) is 10.9 Å². The quantitative estimate of drug-likeness (QED) is 0.117. The largest absolute Gasteiger partial charge is 1.00 e. The minimum absolute atomic E-state index is 0. The van der Waals surface area contributed by atoms with E-state index in [1.807, 2.05) is 17.9 Å². The summed E-state index contributed by atoms with van der Waals surface area (Å²) in [6.07, 6.45) is 4.35. The molecule has 4 amide bonds. The van der Waals surface area contributed by atoms with Crippen LogP contribution in [0.15, 0.2) is 42.6 Å². The van der Waals surface area contributed by atoms with E-state index in [0.29, 0.717) is 74.8 Å². The van der Waals surface area contributed by atoms with Gasteiger partial charge in [0, 0.05) is 68.0 Å². The van der Waals surface area contributed by atoms with Crippen LogP contribution in [0.2, 0.25) is 0 Å². The van der Waals surface area contributed by atoms with Gasteiger partial charge in [-0.05, 0) is 84.2 Å². The molecule has 3 fully saturated rings. The van der Waals surface area contributed by atoms with Crippen LogP contribution in [0.4, 0.5) is 23.2 Å². The standard InChI is InChI=1S/C28H34N4O5.C20H17F4N2.Li/c1-3-28(4-2)12-17(13-28)9-25(34)30-7-8-31-19(15-30)16-37-23-11-20-18(10-22(23)31)14-32(27(20)36)21-5-6-24(33)29-26(21)35;1-10-7-13-11(5-6-17-14(13)9-25-26-17)19(12(10)8-18(23)24)20-15(21)3-2-4-16(20)22;/h10-11,17,19,21H,1-9,12-16H2,(H,29,33,35);3-6,9-10,12,18-19H,7-8H2,1H3,(H,25,26);/q-2;-1;+1/t19-,21?;10-,12?,19-;/m01./s1. The number of imide groups is 1. The number of amides is 4. The summed E-state index contributed by atoms with van der Waals surface area (Å²) in [5, 5.41) is 10.1. The summed E-state index contributed by atoms with van der Waals surface area (Å²) in [6, 6.07) is 11.3. The van der Waals surface area contributed by atoms with Gasteiger partial charge in [-0.2, -0.15) is 24.0 Å². The topological polar surface area (TPSA) is 128 Å². The molecule has 1 saturated carbocycles. The number of piperazine rings is 1. The summed E-state index contributed by atoms with van der Waals surface area (Å²) < 4.78 is 61.7. The number of hydrogen-bond donors (Lipinski definition) is 2. The molecule has 16 heteroatoms. The number of nitrogens with zero attached hydrogens (tertiary/aromatic N) is 4. The molecule has 4 aliphatic heterocycles. The summed E-state index contributed by atoms with van der Waals surface area (Å²) >= 11 is 0. The summed E-state index contributed by atoms with van der Waals surface area (Å²) in [5.41, 5.74) is 4.89. The second-order valence-corrected chi connectivity index (χ2v) is 18.3. The number of aromatic amines is 1. The maximum Gasteiger partial charge on any atom is 1.00 e. The van der Waals surface area contributed by atoms with E-state index in [1.165, 1.54) is 0 Å². The van der Waals surface area contributed by atoms with Gasteiger partial charge in [-0.3, -0.25) is 38.4 Å². The van der Waals surface area contributed by atoms with Crippen LogP contribution in [0.5, 0.6) is 5.75 Å². The number of benzene rings is 3. The maximum atomic E-state index is 14.5. The summed E-state index contributed by atoms with van der Waals surface area (Å²) in [7, 11) is 0. The first-order valence-electron chi connectivity index (χ1n) is 21.9. The van der Waals surface area contributed by atoms with Gasteiger partial charge in [0.05, 0.1) is 23.4 Å². The van der Waals surface area contributed by atoms with Gasteiger partial charge in [0.15, 0.2) is 0 Å². The molecular formula is C48H51F4LiN6O5-2. The van der Waals surface area contributed by atoms with Gasteiger partial charge in [0.1, 0.15) is 18.4 Å². The number of aromatic nitrogens is 2. The minimum Gasteiger partial charge on any atom is -0.489 e. The molecule has 2 aliphatic carbocycles. The van der Waals surface area contributed by atoms with E-state index >= 15 is 0 Å². The average Bonchev–Trinajstić information content (AvgIpc) is 3.86. The molecule has 1 aromatic heterocycles. The molecule has 0 bridgehead atoms. The Morgan fingerprint density at radius 3 is 2.52 bits per heavy atom. The number of nitrogens with one attached hydrogen (secondary N) is 2. The number of rotatable bonds is 8. The third kappa shape index (κ3) is 8.31. The van der Waals surface area contributed by atoms with E-state index in [2.05, 4.69) is 40.3 Å². The second-order valence-electron chi connectivity index (χ2n) is 18.3. The van der Waals surface area contributed by atoms with Crippen molar-refractivity contribution in [1.29, 1.82) is 0 Å². The molecule has 11 nitrogen and oxygen atoms in total. The summed E-state index contributed by atoms with van der Waals surface area (Å²) in [6.45, 7) is 12.8. The number of hydrogen-bond acceptors (Lipinski definition) is 7. The normalized spacial score (nSPS) is 24.7. The number of piperidine rings is 1. The SMILES string of the molecule is C[C@@H]1Cc2c(ccc3[nH]ncc23)[C@@H](c2c(F)c[c-]cc2F)C1CC(F)F.[CH2-]CC1(C[CH2-])CC(CC(=O)N2CCN3c4cc5c(cc4OC[C@@H]3C2)C(=O)N(C2CCC(=O)NC2=O)C5)C1.[Li+]. The number of halogens is 4. The van der Waals surface area contributed by atoms with Crippen molar-refractivity contribution in [3.05, 3.63) is 102 Å². The monoisotopic (exact) mass is 874 g/mol. The molecule has 10 rings (SSSR count). The smallest absolute Gasteiger partial charge is 0.489 e. The van der Waals surface area contributed by atoms with Crippen molar-refractivity contribution >= 4 is 40.2 Å². The molecule has 2 N–H and O–H groups in total. The first-order valence-corrected chi connectivity index (χ1v) is 21.9. The summed E-state index contributed by atoms with van der Waals surface area (Å²) in [4.78, 5) is 56.0. The zero-order chi connectivity index (χ0) is 44.3. The Labute approximate surface area is 382 Å². The predicted octanol–water partition coefficient (Wildman–Crippen LogP) is 4.33. The Morgan fingerprint density at radius 2 is 1.81 bits per heavy atom. The second kappa shape index (κ2) is 18.2. The van der Waals surface area contributed by atoms with Gasteiger partial charge in [-0.15, -0.1) is 12.1 Å². The van der Waals surface area contributed by atoms with E-state index in [0.717, 1.165) is 65.5 Å². The third-order valence-corrected chi connectivity index (χ3v) is 14.6. The molecule has 2 saturated heterocycles. The van der Waals surface area contributed by atoms with Crippen molar-refractivity contribution < 1.29 is 60.3 Å². The van der Waals surface area contributed by atoms with E-state index in [-0.39, 0.29) is 65.9 Å². The van der Waals surface area contributed by atoms with Crippen LogP contribution in [-0.4, -0.2) is 88.4 Å². The molecule has 0 spiro atoms. The number of carbonyl (C=O) groups excluding carboxylic acids is 4. The fourth-order valence-electron chi connectivity index (χ4n) is 11.2. The molecule has 5 heterocycles. The van der Waals surface area contributed by atoms with Crippen molar-refractivity contribution in [3.63, 3.8) is 0 Å². The van der Waals surface area contributed by atoms with Gasteiger partial charge in [-0.1, -0.05) is 24.0 Å². The first-order chi connectivity index (χ1) is 30.3. The Kier molecular flexibility index (Phi) is 13.0. The van der Waals surface area contributed by atoms with Gasteiger partial charge in [-0.25, -0.2) is 8.78 Å². The van der Waals surface area contributed by atoms with Crippen LogP contribution in [0.3, 0.4) is 0 Å². The predicted molar refractivity (Wildman–Crippen MR) is 226 cm³/mol. The first kappa shape index (κ1) is 45.7. The number of H-pyrrole nitrogens is 1. The van der Waals surface area contributed by atoms with Crippen molar-refractivity contribution in [1.82, 2.24) is 25.3 Å². The maximum absolute atomic E-state index is 14.5. The third-order valence-electron chi connectivity index (χ3n) is 14.6. The average molecular weight is 875 g/mol. The number of anilines is 1. The summed E-state index contributed by atoms with van der Waals surface area (Å²) in [5.74, 6) is -2.56. The number of alkyl halides is 2. The van der Waals surface area contributed by atoms with Gasteiger partial charge >= 0.3 is 18.9 Å². The molecule has 0 radical (unpaired) electrons. The van der Waals surface area contributed by atoms with Crippen LogP contribution >= 0.6 is 0 Å². The molecule has 5 atom stereocenters. The Bertz CT molecular complexity index is 2430. The molecule has 64 heavy (non-hydrogen) atoms. The van der Waals surface area contributed by atoms with E-state index in [9.17, 15) is 36.7 Å². The van der Waals surface area contributed by atoms with Crippen molar-refractivity contribution in [2.24, 2.45) is 23.2 Å². The Balaban J connectivity index is 0.000000183. The number of ether oxygens (including phenoxy) is 1. The minimum atomic E-state index is -2.54. The number of carbonyl (C=O) groups is 4. The van der Waals surface area contributed by atoms with Crippen LogP contribution in [-0.2, 0) is 27.3 Å². The Morgan fingerprint density at radius 1 is 1.06 bits per heavy atom. The fraction of sp³-hybridized carbons (Fsp3) is 0.479. The van der Waals surface area contributed by atoms with Crippen LogP contribution in [0.1, 0.15) is 96.8 Å². The number of fused-ring (bicyclic) bond motifs is 7. The molecule has 6 aliphatic rings. The van der Waals surface area contributed by atoms with Gasteiger partial charge in [0.2, 0.25) is 24.1 Å². The van der Waals surface area contributed by atoms with E-state index in [4.69, 9.17) is 4.74 Å². The van der Waals surface area contributed by atoms with Crippen molar-refractivity contribution in [2.75, 3.05) is 31.1 Å². The molecule has 4 aromatic rings. The van der Waals surface area contributed by atoms with E-state index in [1.54, 1.807) is 29.3 Å². The van der Waals surface area contributed by atoms with Crippen LogP contribution < -0.4 is 33.8 Å². The molecule has 2 unspecified atom stereocenters. The zero-order valence-electron chi connectivity index (χ0n) is 36.2. The molecule has 3 aromatic carbocycles.